The SMILES string of the molecule is CCc1nn2c(-c3cccc([As]C(=O)c4ccccc4)c3)ccnc2c1C(=O)O. The molecule has 2 aromatic carbocycles. The molecule has 29 heavy (non-hydrogen) atoms. The number of benzene rings is 2. The predicted octanol–water partition coefficient (Wildman–Crippen LogP) is 2.83. The molecule has 0 aliphatic rings. The monoisotopic (exact) mass is 446 g/mol. The molecule has 0 bridgehead atoms. The summed E-state index contributed by atoms with van der Waals surface area (Å²) in [6.45, 7) is 1.87. The van der Waals surface area contributed by atoms with Gasteiger partial charge in [0.1, 0.15) is 0 Å². The summed E-state index contributed by atoms with van der Waals surface area (Å²) in [7, 11) is 0. The topological polar surface area (TPSA) is 84.6 Å². The van der Waals surface area contributed by atoms with Crippen LogP contribution in [0.3, 0.4) is 0 Å². The van der Waals surface area contributed by atoms with Crippen LogP contribution in [0.4, 0.5) is 0 Å². The van der Waals surface area contributed by atoms with Crippen molar-refractivity contribution in [2.24, 2.45) is 0 Å². The van der Waals surface area contributed by atoms with Gasteiger partial charge in [-0.15, -0.1) is 0 Å². The Balaban J connectivity index is 1.74. The van der Waals surface area contributed by atoms with Crippen LogP contribution in [0.15, 0.2) is 66.9 Å². The quantitative estimate of drug-likeness (QED) is 0.461. The van der Waals surface area contributed by atoms with Gasteiger partial charge in [0.05, 0.1) is 0 Å². The van der Waals surface area contributed by atoms with Crippen molar-refractivity contribution in [3.63, 3.8) is 0 Å². The average Bonchev–Trinajstić information content (AvgIpc) is 3.13. The van der Waals surface area contributed by atoms with Crippen molar-refractivity contribution in [1.82, 2.24) is 14.6 Å². The number of carbonyl (C=O) groups is 2. The number of hydrogen-bond donors (Lipinski definition) is 1. The molecule has 0 spiro atoms. The van der Waals surface area contributed by atoms with Crippen LogP contribution in [0.1, 0.15) is 33.3 Å². The van der Waals surface area contributed by atoms with Gasteiger partial charge < -0.3 is 0 Å². The van der Waals surface area contributed by atoms with Gasteiger partial charge in [-0.1, -0.05) is 0 Å². The van der Waals surface area contributed by atoms with E-state index in [1.807, 2.05) is 61.5 Å². The Bertz CT molecular complexity index is 1220. The molecule has 4 rings (SSSR count). The first kappa shape index (κ1) is 19.1. The Labute approximate surface area is 173 Å². The third-order valence-electron chi connectivity index (χ3n) is 4.53. The number of carbonyl (C=O) groups excluding carboxylic acids is 1. The van der Waals surface area contributed by atoms with Gasteiger partial charge in [0.25, 0.3) is 0 Å². The number of aromatic nitrogens is 3. The molecule has 0 saturated carbocycles. The number of nitrogens with zero attached hydrogens (tertiary/aromatic N) is 3. The van der Waals surface area contributed by atoms with Crippen LogP contribution in [0, 0.1) is 0 Å². The molecule has 0 aliphatic carbocycles. The van der Waals surface area contributed by atoms with Crippen LogP contribution < -0.4 is 4.35 Å². The standard InChI is InChI=1S/C22H17AsN3O3/c1-2-17-19(22(28)29)21-24-12-11-18(26(21)25-17)15-9-6-10-16(13-15)23-20(27)14-7-4-3-5-8-14/h3-13H,2H2,1H3,(H,28,29). The molecule has 0 atom stereocenters. The first-order valence-electron chi connectivity index (χ1n) is 9.10. The van der Waals surface area contributed by atoms with E-state index >= 15 is 0 Å². The van der Waals surface area contributed by atoms with Gasteiger partial charge in [-0.25, -0.2) is 0 Å². The van der Waals surface area contributed by atoms with Crippen molar-refractivity contribution >= 4 is 36.3 Å². The maximum atomic E-state index is 12.6. The third kappa shape index (κ3) is 3.71. The molecule has 0 unspecified atom stereocenters. The second kappa shape index (κ2) is 8.01. The molecule has 0 aliphatic heterocycles. The van der Waals surface area contributed by atoms with Crippen LogP contribution in [-0.2, 0) is 6.42 Å². The summed E-state index contributed by atoms with van der Waals surface area (Å²) in [6, 6.07) is 18.9. The van der Waals surface area contributed by atoms with E-state index in [2.05, 4.69) is 10.1 Å². The summed E-state index contributed by atoms with van der Waals surface area (Å²) in [5, 5.41) is 14.1. The number of aromatic carboxylic acids is 1. The summed E-state index contributed by atoms with van der Waals surface area (Å²) < 4.78 is 2.69. The van der Waals surface area contributed by atoms with E-state index in [9.17, 15) is 14.7 Å². The van der Waals surface area contributed by atoms with Gasteiger partial charge in [0, 0.05) is 0 Å². The van der Waals surface area contributed by atoms with E-state index in [4.69, 9.17) is 0 Å². The van der Waals surface area contributed by atoms with E-state index in [0.29, 0.717) is 17.8 Å². The van der Waals surface area contributed by atoms with E-state index in [1.54, 1.807) is 16.8 Å². The summed E-state index contributed by atoms with van der Waals surface area (Å²) >= 11 is -0.692. The maximum absolute atomic E-state index is 12.6. The van der Waals surface area contributed by atoms with Crippen molar-refractivity contribution in [2.75, 3.05) is 0 Å². The molecule has 2 heterocycles. The second-order valence-corrected chi connectivity index (χ2v) is 8.78. The number of carboxylic acids is 1. The summed E-state index contributed by atoms with van der Waals surface area (Å²) in [4.78, 5) is 28.5. The predicted molar refractivity (Wildman–Crippen MR) is 111 cm³/mol. The molecule has 0 fully saturated rings. The summed E-state index contributed by atoms with van der Waals surface area (Å²) in [6.07, 6.45) is 2.09. The fraction of sp³-hybridized carbons (Fsp3) is 0.0909. The van der Waals surface area contributed by atoms with Crippen LogP contribution in [-0.4, -0.2) is 46.0 Å². The van der Waals surface area contributed by atoms with Gasteiger partial charge in [-0.05, 0) is 0 Å². The van der Waals surface area contributed by atoms with Crippen molar-refractivity contribution in [3.05, 3.63) is 83.7 Å². The second-order valence-electron chi connectivity index (χ2n) is 6.38. The first-order valence-corrected chi connectivity index (χ1v) is 11.0. The summed E-state index contributed by atoms with van der Waals surface area (Å²) in [5.74, 6) is -1.03. The van der Waals surface area contributed by atoms with Gasteiger partial charge in [0.2, 0.25) is 0 Å². The Morgan fingerprint density at radius 2 is 1.86 bits per heavy atom. The number of hydrogen-bond acceptors (Lipinski definition) is 4. The van der Waals surface area contributed by atoms with Crippen LogP contribution in [0.2, 0.25) is 0 Å². The van der Waals surface area contributed by atoms with Crippen molar-refractivity contribution < 1.29 is 14.7 Å². The summed E-state index contributed by atoms with van der Waals surface area (Å²) in [5.41, 5.74) is 3.29. The molecular formula is C22H17AsN3O3. The Morgan fingerprint density at radius 3 is 2.59 bits per heavy atom. The van der Waals surface area contributed by atoms with Crippen molar-refractivity contribution in [1.29, 1.82) is 0 Å². The van der Waals surface area contributed by atoms with Crippen LogP contribution in [0.25, 0.3) is 16.9 Å². The molecule has 1 N–H and O–H groups in total. The van der Waals surface area contributed by atoms with Gasteiger partial charge in [-0.3, -0.25) is 0 Å². The molecule has 6 nitrogen and oxygen atoms in total. The van der Waals surface area contributed by atoms with E-state index in [0.717, 1.165) is 21.2 Å². The molecule has 0 amide bonds. The first-order chi connectivity index (χ1) is 14.1. The van der Waals surface area contributed by atoms with Crippen molar-refractivity contribution in [2.45, 2.75) is 13.3 Å². The normalized spacial score (nSPS) is 11.3. The van der Waals surface area contributed by atoms with Crippen LogP contribution in [0.5, 0.6) is 0 Å². The van der Waals surface area contributed by atoms with Gasteiger partial charge in [0.15, 0.2) is 0 Å². The minimum atomic E-state index is -1.03. The van der Waals surface area contributed by atoms with Crippen LogP contribution >= 0.6 is 0 Å². The fourth-order valence-corrected chi connectivity index (χ4v) is 5.01. The minimum absolute atomic E-state index is 0.135. The molecule has 0 saturated heterocycles. The fourth-order valence-electron chi connectivity index (χ4n) is 3.17. The molecule has 1 radical (unpaired) electrons. The van der Waals surface area contributed by atoms with E-state index < -0.39 is 21.7 Å². The van der Waals surface area contributed by atoms with Gasteiger partial charge in [-0.2, -0.15) is 0 Å². The van der Waals surface area contributed by atoms with E-state index in [1.165, 1.54) is 0 Å². The molecule has 4 aromatic rings. The van der Waals surface area contributed by atoms with Gasteiger partial charge >= 0.3 is 174 Å². The average molecular weight is 446 g/mol. The Hall–Kier alpha value is -3.24. The van der Waals surface area contributed by atoms with E-state index in [-0.39, 0.29) is 10.1 Å². The zero-order valence-electron chi connectivity index (χ0n) is 15.6. The molecule has 2 aromatic heterocycles. The molecule has 143 valence electrons. The Kier molecular flexibility index (Phi) is 5.28. The number of fused-ring (bicyclic) bond motifs is 1. The molecular weight excluding hydrogens is 429 g/mol. The Morgan fingerprint density at radius 1 is 1.07 bits per heavy atom. The third-order valence-corrected chi connectivity index (χ3v) is 6.63. The number of rotatable bonds is 6. The zero-order chi connectivity index (χ0) is 20.4. The molecule has 7 heteroatoms. The number of aryl methyl sites for hydroxylation is 1. The zero-order valence-corrected chi connectivity index (χ0v) is 17.5. The van der Waals surface area contributed by atoms with Crippen molar-refractivity contribution in [3.8, 4) is 11.3 Å². The number of carboxylic acid groups (broad SMARTS) is 1.